The summed E-state index contributed by atoms with van der Waals surface area (Å²) in [6.07, 6.45) is 5.58. The number of hydrogen-bond acceptors (Lipinski definition) is 0. The van der Waals surface area contributed by atoms with Gasteiger partial charge in [-0.25, -0.2) is 0 Å². The van der Waals surface area contributed by atoms with E-state index < -0.39 is 0 Å². The largest absolute Gasteiger partial charge is 0.153 e. The van der Waals surface area contributed by atoms with Gasteiger partial charge in [0, 0.05) is 5.40 Å². The van der Waals surface area contributed by atoms with E-state index in [-0.39, 0.29) is 31.6 Å². The summed E-state index contributed by atoms with van der Waals surface area (Å²) in [5, 5.41) is 0.884. The Balaban J connectivity index is -0.00000112. The summed E-state index contributed by atoms with van der Waals surface area (Å²) in [4.78, 5) is 0. The molecule has 0 aliphatic heterocycles. The Morgan fingerprint density at radius 3 is 2.17 bits per heavy atom. The SMILES string of the molecule is C.CCCCC(C)CC(P)P(PP)P(P)PP.P. The summed E-state index contributed by atoms with van der Waals surface area (Å²) in [5.41, 5.74) is 0. The second-order valence-corrected chi connectivity index (χ2v) is 26.3. The second kappa shape index (κ2) is 17.2. The zero-order chi connectivity index (χ0) is 12.6. The van der Waals surface area contributed by atoms with Crippen LogP contribution in [0.1, 0.15) is 47.0 Å². The van der Waals surface area contributed by atoms with Crippen LogP contribution >= 0.6 is 76.1 Å². The highest BCUT2D eigenvalue weighted by molar-refractivity contribution is 8.94. The van der Waals surface area contributed by atoms with Crippen molar-refractivity contribution in [2.45, 2.75) is 52.4 Å². The highest BCUT2D eigenvalue weighted by Gasteiger charge is 2.22. The average molecular weight is 420 g/mol. The molecule has 0 rings (SSSR count). The second-order valence-electron chi connectivity index (χ2n) is 4.00. The number of hydrogen-bond donors (Lipinski definition) is 0. The minimum Gasteiger partial charge on any atom is -0.153 e. The monoisotopic (exact) mass is 420 g/mol. The third-order valence-electron chi connectivity index (χ3n) is 2.51. The topological polar surface area (TPSA) is 0 Å². The van der Waals surface area contributed by atoms with E-state index in [0.717, 1.165) is 27.2 Å². The van der Waals surface area contributed by atoms with Crippen LogP contribution in [-0.4, -0.2) is 5.40 Å². The van der Waals surface area contributed by atoms with Crippen molar-refractivity contribution < 1.29 is 0 Å². The standard InChI is InChI=1S/C8H26P8.CH4.H3P/c1-3-4-5-7(2)6-8(9)15(13-10)16(12)14-11;;/h7-8,13-14H,3-6,9-12H2,1-2H3;1H4;1H3. The molecule has 11 atom stereocenters. The first-order valence-electron chi connectivity index (χ1n) is 5.58. The molecule has 0 bridgehead atoms. The van der Waals surface area contributed by atoms with E-state index in [1.165, 1.54) is 25.7 Å². The lowest BCUT2D eigenvalue weighted by Gasteiger charge is -2.29. The zero-order valence-electron chi connectivity index (χ0n) is 10.9. The fourth-order valence-electron chi connectivity index (χ4n) is 1.56. The normalized spacial score (nSPS) is 18.3. The van der Waals surface area contributed by atoms with Crippen molar-refractivity contribution in [2.24, 2.45) is 5.92 Å². The van der Waals surface area contributed by atoms with Crippen molar-refractivity contribution in [3.63, 3.8) is 0 Å². The van der Waals surface area contributed by atoms with Crippen molar-refractivity contribution in [3.05, 3.63) is 0 Å². The van der Waals surface area contributed by atoms with E-state index >= 15 is 0 Å². The number of unbranched alkanes of at least 4 members (excludes halogenated alkanes) is 1. The average Bonchev–Trinajstić information content (AvgIpc) is 2.26. The maximum absolute atomic E-state index is 3.15. The predicted molar refractivity (Wildman–Crippen MR) is 124 cm³/mol. The molecule has 0 aromatic heterocycles. The molecule has 11 unspecified atom stereocenters. The van der Waals surface area contributed by atoms with Crippen LogP contribution in [0.3, 0.4) is 0 Å². The van der Waals surface area contributed by atoms with E-state index in [0.29, 0.717) is 0 Å². The predicted octanol–water partition coefficient (Wildman–Crippen LogP) is 7.53. The molecule has 114 valence electrons. The van der Waals surface area contributed by atoms with E-state index in [9.17, 15) is 0 Å². The maximum atomic E-state index is 3.15. The molecule has 0 aromatic rings. The Labute approximate surface area is 134 Å². The molecule has 0 aromatic carbocycles. The smallest absolute Gasteiger partial charge is 0.00239 e. The van der Waals surface area contributed by atoms with E-state index in [2.05, 4.69) is 49.9 Å². The maximum Gasteiger partial charge on any atom is 0.00239 e. The van der Waals surface area contributed by atoms with Crippen molar-refractivity contribution in [3.8, 4) is 0 Å². The van der Waals surface area contributed by atoms with Gasteiger partial charge in [-0.3, -0.25) is 0 Å². The van der Waals surface area contributed by atoms with Gasteiger partial charge in [0.1, 0.15) is 0 Å². The van der Waals surface area contributed by atoms with Crippen LogP contribution in [0.15, 0.2) is 0 Å². The Bertz CT molecular complexity index is 168. The van der Waals surface area contributed by atoms with Gasteiger partial charge in [0.15, 0.2) is 0 Å². The van der Waals surface area contributed by atoms with Gasteiger partial charge in [-0.15, -0.1) is 36.0 Å². The molecule has 0 radical (unpaired) electrons. The molecule has 0 aliphatic carbocycles. The summed E-state index contributed by atoms with van der Waals surface area (Å²) < 4.78 is 0. The number of rotatable bonds is 9. The van der Waals surface area contributed by atoms with Crippen LogP contribution in [-0.2, 0) is 0 Å². The minimum atomic E-state index is 0. The van der Waals surface area contributed by atoms with Gasteiger partial charge in [-0.05, 0) is 26.6 Å². The zero-order valence-corrected chi connectivity index (χ0v) is 20.7. The first-order chi connectivity index (χ1) is 7.56. The molecule has 0 N–H and O–H groups in total. The third-order valence-corrected chi connectivity index (χ3v) is 37.0. The summed E-state index contributed by atoms with van der Waals surface area (Å²) in [7, 11) is 14.6. The van der Waals surface area contributed by atoms with E-state index in [1.54, 1.807) is 0 Å². The van der Waals surface area contributed by atoms with Gasteiger partial charge in [0.25, 0.3) is 0 Å². The van der Waals surface area contributed by atoms with Gasteiger partial charge in [0.2, 0.25) is 0 Å². The molecule has 0 aliphatic rings. The van der Waals surface area contributed by atoms with Gasteiger partial charge >= 0.3 is 0 Å². The van der Waals surface area contributed by atoms with E-state index in [4.69, 9.17) is 0 Å². The highest BCUT2D eigenvalue weighted by Crippen LogP contribution is 2.95. The van der Waals surface area contributed by atoms with Crippen LogP contribution in [0.2, 0.25) is 0 Å². The lowest BCUT2D eigenvalue weighted by atomic mass is 10.0. The van der Waals surface area contributed by atoms with E-state index in [1.807, 2.05) is 0 Å². The minimum absolute atomic E-state index is 0. The first-order valence-corrected chi connectivity index (χ1v) is 18.6. The van der Waals surface area contributed by atoms with Crippen LogP contribution in [0, 0.1) is 5.92 Å². The van der Waals surface area contributed by atoms with Crippen LogP contribution in [0.5, 0.6) is 0 Å². The molecular formula is C9H33P9. The van der Waals surface area contributed by atoms with Gasteiger partial charge in [0.05, 0.1) is 0 Å². The Morgan fingerprint density at radius 1 is 1.22 bits per heavy atom. The lowest BCUT2D eigenvalue weighted by Crippen LogP contribution is -2.01. The Kier molecular flexibility index (Phi) is 25.6. The van der Waals surface area contributed by atoms with Gasteiger partial charge < -0.3 is 0 Å². The van der Waals surface area contributed by atoms with Crippen LogP contribution in [0.25, 0.3) is 0 Å². The Hall–Kier alpha value is 3.87. The molecule has 18 heavy (non-hydrogen) atoms. The molecule has 0 nitrogen and oxygen atoms in total. The fourth-order valence-corrected chi connectivity index (χ4v) is 40.7. The first kappa shape index (κ1) is 26.8. The summed E-state index contributed by atoms with van der Waals surface area (Å²) in [5.74, 6) is 0.912. The Morgan fingerprint density at radius 2 is 1.78 bits per heavy atom. The van der Waals surface area contributed by atoms with Crippen molar-refractivity contribution in [1.29, 1.82) is 0 Å². The molecule has 0 saturated carbocycles. The summed E-state index contributed by atoms with van der Waals surface area (Å²) >= 11 is 0. The van der Waals surface area contributed by atoms with Gasteiger partial charge in [-0.1, -0.05) is 56.5 Å². The summed E-state index contributed by atoms with van der Waals surface area (Å²) in [6, 6.07) is 0. The van der Waals surface area contributed by atoms with Crippen LogP contribution in [0.4, 0.5) is 0 Å². The molecule has 0 amide bonds. The fraction of sp³-hybridized carbons (Fsp3) is 1.00. The van der Waals surface area contributed by atoms with Crippen molar-refractivity contribution >= 4 is 76.1 Å². The molecule has 9 heteroatoms. The molecular weight excluding hydrogens is 387 g/mol. The van der Waals surface area contributed by atoms with Crippen molar-refractivity contribution in [1.82, 2.24) is 0 Å². The van der Waals surface area contributed by atoms with Crippen molar-refractivity contribution in [2.75, 3.05) is 0 Å². The quantitative estimate of drug-likeness (QED) is 0.338. The summed E-state index contributed by atoms with van der Waals surface area (Å²) in [6.45, 7) is 4.94. The third kappa shape index (κ3) is 12.4. The van der Waals surface area contributed by atoms with Crippen LogP contribution < -0.4 is 0 Å². The molecule has 0 saturated heterocycles. The lowest BCUT2D eigenvalue weighted by molar-refractivity contribution is 0.488. The van der Waals surface area contributed by atoms with Gasteiger partial charge in [-0.2, -0.15) is 9.90 Å². The molecule has 0 fully saturated rings. The molecule has 0 heterocycles. The highest BCUT2D eigenvalue weighted by atomic mass is 33.0. The molecule has 0 spiro atoms.